The first kappa shape index (κ1) is 11.5. The Balaban J connectivity index is 2.26. The first-order valence-electron chi connectivity index (χ1n) is 9.18. The molecule has 1 unspecified atom stereocenters. The van der Waals surface area contributed by atoms with Crippen molar-refractivity contribution >= 4 is 22.1 Å². The van der Waals surface area contributed by atoms with Crippen LogP contribution in [0.4, 0.5) is 0 Å². The van der Waals surface area contributed by atoms with Crippen molar-refractivity contribution in [3.63, 3.8) is 0 Å². The number of hydrogen-bond donors (Lipinski definition) is 0. The molecule has 0 saturated carbocycles. The normalized spacial score (nSPS) is 23.0. The maximum atomic E-state index is 8.32. The molecule has 1 heterocycles. The molecule has 0 amide bonds. The molecule has 0 bridgehead atoms. The number of rotatable bonds is 1. The third kappa shape index (κ3) is 2.59. The molecule has 1 aliphatic rings. The van der Waals surface area contributed by atoms with E-state index in [1.807, 2.05) is 0 Å². The van der Waals surface area contributed by atoms with Gasteiger partial charge in [0.05, 0.1) is 0 Å². The van der Waals surface area contributed by atoms with E-state index in [1.54, 1.807) is 0 Å². The molecule has 110 valence electrons. The van der Waals surface area contributed by atoms with Crippen LogP contribution in [0.1, 0.15) is 36.0 Å². The van der Waals surface area contributed by atoms with Crippen molar-refractivity contribution in [1.29, 1.82) is 0 Å². The fraction of sp³-hybridized carbons (Fsp3) is 0.400. The van der Waals surface area contributed by atoms with Gasteiger partial charge in [0.1, 0.15) is 0 Å². The second-order valence-corrected chi connectivity index (χ2v) is 14.8. The van der Waals surface area contributed by atoms with Crippen LogP contribution >= 0.6 is 0 Å². The average Bonchev–Trinajstić information content (AvgIpc) is 2.67. The van der Waals surface area contributed by atoms with Gasteiger partial charge >= 0.3 is 136 Å². The fourth-order valence-corrected chi connectivity index (χ4v) is 9.28. The van der Waals surface area contributed by atoms with E-state index in [-0.39, 0.29) is 5.41 Å². The molecule has 3 rings (SSSR count). The van der Waals surface area contributed by atoms with Gasteiger partial charge in [0.15, 0.2) is 0 Å². The average molecular weight is 342 g/mol. The third-order valence-corrected chi connectivity index (χ3v) is 10.6. The van der Waals surface area contributed by atoms with Gasteiger partial charge in [-0.15, -0.1) is 0 Å². The standard InChI is InChI=1S/C20H26Ge/c1-14-7-9-16-17-10-8-15(13-20(2,3)4)12-19(17)21(5,6)18(16)11-14/h7-12H,13H2,1-6H3/i5D3. The monoisotopic (exact) mass is 343 g/mol. The van der Waals surface area contributed by atoms with Gasteiger partial charge in [-0.05, 0) is 0 Å². The Hall–Kier alpha value is -1.02. The molecule has 2 aromatic rings. The molecule has 0 aliphatic carbocycles. The summed E-state index contributed by atoms with van der Waals surface area (Å²) in [6.45, 7) is 8.73. The zero-order valence-electron chi connectivity index (χ0n) is 16.7. The summed E-state index contributed by atoms with van der Waals surface area (Å²) in [4.78, 5) is 0. The summed E-state index contributed by atoms with van der Waals surface area (Å²) >= 11 is -3.40. The zero-order valence-corrected chi connectivity index (χ0v) is 15.8. The van der Waals surface area contributed by atoms with Gasteiger partial charge in [-0.3, -0.25) is 0 Å². The van der Waals surface area contributed by atoms with Crippen molar-refractivity contribution in [3.05, 3.63) is 47.5 Å². The Labute approximate surface area is 136 Å². The van der Waals surface area contributed by atoms with Gasteiger partial charge in [0.25, 0.3) is 0 Å². The van der Waals surface area contributed by atoms with Crippen LogP contribution in [0.5, 0.6) is 0 Å². The first-order chi connectivity index (χ1) is 10.9. The first-order valence-corrected chi connectivity index (χ1v) is 12.9. The molecule has 0 radical (unpaired) electrons. The predicted octanol–water partition coefficient (Wildman–Crippen LogP) is 4.39. The van der Waals surface area contributed by atoms with E-state index in [9.17, 15) is 0 Å². The Morgan fingerprint density at radius 2 is 1.62 bits per heavy atom. The molecular weight excluding hydrogens is 313 g/mol. The van der Waals surface area contributed by atoms with Crippen molar-refractivity contribution < 1.29 is 4.11 Å². The summed E-state index contributed by atoms with van der Waals surface area (Å²) < 4.78 is 27.2. The molecule has 0 fully saturated rings. The molecule has 1 aliphatic heterocycles. The van der Waals surface area contributed by atoms with E-state index in [2.05, 4.69) is 69.8 Å². The van der Waals surface area contributed by atoms with E-state index >= 15 is 0 Å². The summed E-state index contributed by atoms with van der Waals surface area (Å²) in [5.41, 5.74) is 3.01. The third-order valence-electron chi connectivity index (χ3n) is 4.36. The topological polar surface area (TPSA) is 0 Å². The van der Waals surface area contributed by atoms with Crippen molar-refractivity contribution in [3.8, 4) is 11.1 Å². The molecule has 1 heteroatoms. The number of benzene rings is 2. The predicted molar refractivity (Wildman–Crippen MR) is 96.5 cm³/mol. The van der Waals surface area contributed by atoms with Crippen molar-refractivity contribution in [2.24, 2.45) is 5.41 Å². The van der Waals surface area contributed by atoms with Crippen LogP contribution in [-0.2, 0) is 6.42 Å². The van der Waals surface area contributed by atoms with Crippen molar-refractivity contribution in [2.45, 2.75) is 45.6 Å². The molecular formula is C20H26Ge. The van der Waals surface area contributed by atoms with Crippen LogP contribution < -0.4 is 8.79 Å². The van der Waals surface area contributed by atoms with Gasteiger partial charge in [-0.2, -0.15) is 0 Å². The molecule has 0 aromatic heterocycles. The molecule has 0 nitrogen and oxygen atoms in total. The van der Waals surface area contributed by atoms with E-state index in [0.717, 1.165) is 31.9 Å². The molecule has 1 atom stereocenters. The molecule has 0 N–H and O–H groups in total. The zero-order chi connectivity index (χ0) is 17.9. The van der Waals surface area contributed by atoms with Crippen molar-refractivity contribution in [1.82, 2.24) is 0 Å². The van der Waals surface area contributed by atoms with Crippen LogP contribution in [0.25, 0.3) is 11.1 Å². The summed E-state index contributed by atoms with van der Waals surface area (Å²) in [5, 5.41) is 0. The van der Waals surface area contributed by atoms with Crippen LogP contribution in [0, 0.1) is 12.3 Å². The van der Waals surface area contributed by atoms with Gasteiger partial charge in [-0.1, -0.05) is 0 Å². The van der Waals surface area contributed by atoms with Crippen LogP contribution in [0.2, 0.25) is 11.4 Å². The summed E-state index contributed by atoms with van der Waals surface area (Å²) in [7, 11) is 0. The van der Waals surface area contributed by atoms with E-state index < -0.39 is 19.0 Å². The van der Waals surface area contributed by atoms with Gasteiger partial charge in [-0.25, -0.2) is 0 Å². The Morgan fingerprint density at radius 1 is 1.00 bits per heavy atom. The maximum absolute atomic E-state index is 8.32. The fourth-order valence-electron chi connectivity index (χ4n) is 3.41. The van der Waals surface area contributed by atoms with E-state index in [4.69, 9.17) is 4.11 Å². The second-order valence-electron chi connectivity index (χ2n) is 7.79. The Bertz CT molecular complexity index is 800. The Kier molecular flexibility index (Phi) is 2.60. The molecule has 0 saturated heterocycles. The molecule has 21 heavy (non-hydrogen) atoms. The van der Waals surface area contributed by atoms with Crippen LogP contribution in [0.3, 0.4) is 0 Å². The summed E-state index contributed by atoms with van der Waals surface area (Å²) in [5.74, 6) is 2.07. The van der Waals surface area contributed by atoms with Crippen LogP contribution in [0.15, 0.2) is 36.4 Å². The van der Waals surface area contributed by atoms with Gasteiger partial charge in [0.2, 0.25) is 0 Å². The Morgan fingerprint density at radius 3 is 2.24 bits per heavy atom. The van der Waals surface area contributed by atoms with Gasteiger partial charge < -0.3 is 0 Å². The molecule has 0 spiro atoms. The minimum absolute atomic E-state index is 0.194. The second kappa shape index (κ2) is 4.74. The summed E-state index contributed by atoms with van der Waals surface area (Å²) in [6.07, 6.45) is 0.967. The van der Waals surface area contributed by atoms with Crippen LogP contribution in [-0.4, -0.2) is 13.3 Å². The van der Waals surface area contributed by atoms with Crippen molar-refractivity contribution in [2.75, 3.05) is 0 Å². The van der Waals surface area contributed by atoms with E-state index in [1.165, 1.54) is 5.56 Å². The van der Waals surface area contributed by atoms with Gasteiger partial charge in [0, 0.05) is 0 Å². The molecule has 2 aromatic carbocycles. The van der Waals surface area contributed by atoms with E-state index in [0.29, 0.717) is 0 Å². The number of hydrogen-bond acceptors (Lipinski definition) is 0. The summed E-state index contributed by atoms with van der Waals surface area (Å²) in [6, 6.07) is 12.9. The SMILES string of the molecule is [2H][C]([2H])([2H])[Ge]1([CH3])[c]2cc(C)ccc2-c2ccc(CC(C)(C)C)c[c]21. The number of fused-ring (bicyclic) bond motifs is 3. The number of aryl methyl sites for hydroxylation is 1. The minimum atomic E-state index is -3.40. The quantitative estimate of drug-likeness (QED) is 0.675.